The molecule has 180 valence electrons. The fraction of sp³-hybridized carbons (Fsp3) is 0.519. The quantitative estimate of drug-likeness (QED) is 0.575. The van der Waals surface area contributed by atoms with Crippen molar-refractivity contribution in [2.45, 2.75) is 71.4 Å². The zero-order chi connectivity index (χ0) is 23.7. The molecule has 2 fully saturated rings. The summed E-state index contributed by atoms with van der Waals surface area (Å²) >= 11 is 0. The molecule has 34 heavy (non-hydrogen) atoms. The summed E-state index contributed by atoms with van der Waals surface area (Å²) in [6, 6.07) is 10.6. The molecule has 0 bridgehead atoms. The van der Waals surface area contributed by atoms with Gasteiger partial charge in [-0.25, -0.2) is 14.8 Å². The summed E-state index contributed by atoms with van der Waals surface area (Å²) in [5, 5.41) is 3.55. The van der Waals surface area contributed by atoms with Crippen molar-refractivity contribution in [1.82, 2.24) is 19.1 Å². The van der Waals surface area contributed by atoms with E-state index < -0.39 is 0 Å². The Morgan fingerprint density at radius 2 is 1.79 bits per heavy atom. The topological polar surface area (TPSA) is 74.0 Å². The van der Waals surface area contributed by atoms with Gasteiger partial charge in [-0.15, -0.1) is 0 Å². The lowest BCUT2D eigenvalue weighted by atomic mass is 9.87. The van der Waals surface area contributed by atoms with Crippen molar-refractivity contribution in [3.05, 3.63) is 58.3 Å². The van der Waals surface area contributed by atoms with Crippen molar-refractivity contribution in [1.29, 1.82) is 0 Å². The Labute approximate surface area is 201 Å². The lowest BCUT2D eigenvalue weighted by Crippen LogP contribution is -2.31. The number of nitrogens with zero attached hydrogens (tertiary/aromatic N) is 4. The Morgan fingerprint density at radius 1 is 1.03 bits per heavy atom. The van der Waals surface area contributed by atoms with Crippen LogP contribution in [-0.2, 0) is 4.74 Å². The summed E-state index contributed by atoms with van der Waals surface area (Å²) in [4.78, 5) is 23.3. The van der Waals surface area contributed by atoms with Gasteiger partial charge in [0.25, 0.3) is 0 Å². The van der Waals surface area contributed by atoms with Crippen LogP contribution >= 0.6 is 0 Å². The molecule has 1 saturated carbocycles. The predicted molar refractivity (Wildman–Crippen MR) is 135 cm³/mol. The minimum atomic E-state index is -0.0145. The molecule has 5 rings (SSSR count). The molecule has 2 aliphatic rings. The van der Waals surface area contributed by atoms with Gasteiger partial charge in [0.2, 0.25) is 5.95 Å². The third-order valence-electron chi connectivity index (χ3n) is 7.39. The fourth-order valence-electron chi connectivity index (χ4n) is 5.45. The van der Waals surface area contributed by atoms with E-state index in [1.807, 2.05) is 47.2 Å². The van der Waals surface area contributed by atoms with E-state index in [0.29, 0.717) is 25.2 Å². The second-order valence-electron chi connectivity index (χ2n) is 9.97. The van der Waals surface area contributed by atoms with E-state index in [4.69, 9.17) is 9.72 Å². The first-order chi connectivity index (χ1) is 16.5. The van der Waals surface area contributed by atoms with E-state index in [9.17, 15) is 4.79 Å². The number of nitrogens with one attached hydrogen (secondary N) is 1. The van der Waals surface area contributed by atoms with Gasteiger partial charge in [-0.2, -0.15) is 0 Å². The molecule has 3 heterocycles. The van der Waals surface area contributed by atoms with Gasteiger partial charge in [0, 0.05) is 37.2 Å². The van der Waals surface area contributed by atoms with Crippen molar-refractivity contribution in [2.75, 3.05) is 18.5 Å². The Bertz CT molecular complexity index is 1200. The molecule has 0 radical (unpaired) electrons. The number of benzene rings is 1. The minimum Gasteiger partial charge on any atom is -0.381 e. The number of ether oxygens (including phenoxy) is 1. The maximum absolute atomic E-state index is 13.9. The minimum absolute atomic E-state index is 0.0145. The van der Waals surface area contributed by atoms with Crippen LogP contribution in [-0.4, -0.2) is 38.4 Å². The maximum atomic E-state index is 13.9. The second kappa shape index (κ2) is 9.74. The van der Waals surface area contributed by atoms with Gasteiger partial charge in [0.1, 0.15) is 0 Å². The second-order valence-corrected chi connectivity index (χ2v) is 9.97. The average Bonchev–Trinajstić information content (AvgIpc) is 3.11. The summed E-state index contributed by atoms with van der Waals surface area (Å²) in [7, 11) is 0. The molecule has 0 amide bonds. The molecular weight excluding hydrogens is 426 g/mol. The first-order valence-corrected chi connectivity index (χ1v) is 12.6. The first-order valence-electron chi connectivity index (χ1n) is 12.6. The zero-order valence-corrected chi connectivity index (χ0v) is 20.5. The molecule has 1 aliphatic heterocycles. The summed E-state index contributed by atoms with van der Waals surface area (Å²) in [6.45, 7) is 7.78. The molecule has 1 aromatic carbocycles. The van der Waals surface area contributed by atoms with E-state index in [0.717, 1.165) is 59.9 Å². The van der Waals surface area contributed by atoms with Crippen molar-refractivity contribution in [2.24, 2.45) is 5.92 Å². The third-order valence-corrected chi connectivity index (χ3v) is 7.39. The van der Waals surface area contributed by atoms with Crippen LogP contribution in [0, 0.1) is 19.8 Å². The lowest BCUT2D eigenvalue weighted by molar-refractivity contribution is 0.0682. The number of rotatable bonds is 5. The van der Waals surface area contributed by atoms with Crippen LogP contribution in [0.4, 0.5) is 5.95 Å². The van der Waals surface area contributed by atoms with Gasteiger partial charge < -0.3 is 10.1 Å². The summed E-state index contributed by atoms with van der Waals surface area (Å²) in [5.74, 6) is 1.43. The normalized spacial score (nSPS) is 21.5. The molecule has 1 N–H and O–H groups in total. The van der Waals surface area contributed by atoms with Crippen LogP contribution < -0.4 is 11.0 Å². The number of hydrogen-bond donors (Lipinski definition) is 1. The van der Waals surface area contributed by atoms with Crippen molar-refractivity contribution < 1.29 is 4.74 Å². The molecule has 0 unspecified atom stereocenters. The van der Waals surface area contributed by atoms with Crippen LogP contribution in [0.15, 0.2) is 41.3 Å². The Balaban J connectivity index is 1.58. The maximum Gasteiger partial charge on any atom is 0.333 e. The fourth-order valence-corrected chi connectivity index (χ4v) is 5.45. The molecule has 2 aromatic heterocycles. The lowest BCUT2D eigenvalue weighted by Gasteiger charge is -2.26. The van der Waals surface area contributed by atoms with Gasteiger partial charge in [0.15, 0.2) is 0 Å². The molecule has 0 atom stereocenters. The Morgan fingerprint density at radius 3 is 2.53 bits per heavy atom. The van der Waals surface area contributed by atoms with E-state index in [1.165, 1.54) is 12.8 Å². The van der Waals surface area contributed by atoms with E-state index >= 15 is 0 Å². The summed E-state index contributed by atoms with van der Waals surface area (Å²) in [6.07, 6.45) is 8.23. The van der Waals surface area contributed by atoms with Crippen LogP contribution in [0.25, 0.3) is 17.1 Å². The average molecular weight is 462 g/mol. The predicted octanol–water partition coefficient (Wildman–Crippen LogP) is 5.05. The molecule has 7 nitrogen and oxygen atoms in total. The smallest absolute Gasteiger partial charge is 0.333 e. The van der Waals surface area contributed by atoms with E-state index in [2.05, 4.69) is 23.3 Å². The molecule has 1 aliphatic carbocycles. The van der Waals surface area contributed by atoms with Crippen molar-refractivity contribution >= 4 is 5.95 Å². The highest BCUT2D eigenvalue weighted by Gasteiger charge is 2.27. The van der Waals surface area contributed by atoms with Crippen molar-refractivity contribution in [3.63, 3.8) is 0 Å². The third kappa shape index (κ3) is 4.53. The van der Waals surface area contributed by atoms with E-state index in [-0.39, 0.29) is 11.7 Å². The molecule has 3 aromatic rings. The van der Waals surface area contributed by atoms with Crippen LogP contribution in [0.5, 0.6) is 0 Å². The van der Waals surface area contributed by atoms with Gasteiger partial charge in [-0.05, 0) is 82.1 Å². The van der Waals surface area contributed by atoms with Crippen LogP contribution in [0.3, 0.4) is 0 Å². The number of hydrogen-bond acceptors (Lipinski definition) is 5. The standard InChI is InChI=1S/C27H35N5O2/c1-18-7-9-21(10-8-18)29-26-28-14-11-24(30-26)25-20(3)31(22-12-15-34-16-13-22)27(33)32(25)23-6-4-5-19(2)17-23/h4-6,11,14,17-18,21-22H,7-10,12-13,15-16H2,1-3H3,(H,28,29,30). The van der Waals surface area contributed by atoms with Crippen LogP contribution in [0.1, 0.15) is 62.7 Å². The highest BCUT2D eigenvalue weighted by atomic mass is 16.5. The number of aryl methyl sites for hydroxylation is 1. The van der Waals surface area contributed by atoms with Crippen molar-refractivity contribution in [3.8, 4) is 17.1 Å². The Hall–Kier alpha value is -2.93. The number of anilines is 1. The van der Waals surface area contributed by atoms with Crippen LogP contribution in [0.2, 0.25) is 0 Å². The molecule has 7 heteroatoms. The van der Waals surface area contributed by atoms with Gasteiger partial charge in [-0.3, -0.25) is 9.13 Å². The summed E-state index contributed by atoms with van der Waals surface area (Å²) < 4.78 is 9.35. The van der Waals surface area contributed by atoms with Gasteiger partial charge in [-0.1, -0.05) is 19.1 Å². The first kappa shape index (κ1) is 22.8. The monoisotopic (exact) mass is 461 g/mol. The number of imidazole rings is 1. The zero-order valence-electron chi connectivity index (χ0n) is 20.5. The highest BCUT2D eigenvalue weighted by Crippen LogP contribution is 2.30. The Kier molecular flexibility index (Phi) is 6.55. The molecular formula is C27H35N5O2. The number of aromatic nitrogens is 4. The summed E-state index contributed by atoms with van der Waals surface area (Å²) in [5.41, 5.74) is 4.51. The van der Waals surface area contributed by atoms with E-state index in [1.54, 1.807) is 6.20 Å². The SMILES string of the molecule is Cc1cccc(-n2c(-c3ccnc(NC4CCC(C)CC4)n3)c(C)n(C3CCOCC3)c2=O)c1. The van der Waals surface area contributed by atoms with Gasteiger partial charge >= 0.3 is 5.69 Å². The molecule has 0 spiro atoms. The van der Waals surface area contributed by atoms with Gasteiger partial charge in [0.05, 0.1) is 17.1 Å². The largest absolute Gasteiger partial charge is 0.381 e. The molecule has 1 saturated heterocycles. The highest BCUT2D eigenvalue weighted by molar-refractivity contribution is 5.63.